The van der Waals surface area contributed by atoms with Crippen LogP contribution in [0.5, 0.6) is 0 Å². The molecule has 0 spiro atoms. The highest BCUT2D eigenvalue weighted by atomic mass is 16.2. The van der Waals surface area contributed by atoms with Crippen LogP contribution in [0.4, 0.5) is 0 Å². The van der Waals surface area contributed by atoms with Crippen molar-refractivity contribution in [3.8, 4) is 0 Å². The summed E-state index contributed by atoms with van der Waals surface area (Å²) in [4.78, 5) is 37.3. The minimum absolute atomic E-state index is 0.0426. The molecule has 2 amide bonds. The van der Waals surface area contributed by atoms with Crippen molar-refractivity contribution in [3.05, 3.63) is 35.9 Å². The van der Waals surface area contributed by atoms with Gasteiger partial charge in [0.15, 0.2) is 0 Å². The van der Waals surface area contributed by atoms with E-state index in [2.05, 4.69) is 0 Å². The monoisotopic (exact) mass is 289 g/mol. The molecule has 0 radical (unpaired) electrons. The first-order chi connectivity index (χ1) is 9.77. The SMILES string of the molecule is CCC(=O)N(Cc1ccccc1)C(=O)CC(C)(C)C(C)=O. The molecule has 4 nitrogen and oxygen atoms in total. The Balaban J connectivity index is 2.90. The van der Waals surface area contributed by atoms with Crippen LogP contribution in [0.3, 0.4) is 0 Å². The van der Waals surface area contributed by atoms with Gasteiger partial charge in [-0.3, -0.25) is 19.3 Å². The number of carbonyl (C=O) groups excluding carboxylic acids is 3. The lowest BCUT2D eigenvalue weighted by molar-refractivity contribution is -0.148. The molecule has 0 saturated carbocycles. The van der Waals surface area contributed by atoms with Gasteiger partial charge < -0.3 is 0 Å². The van der Waals surface area contributed by atoms with Crippen LogP contribution in [0.15, 0.2) is 30.3 Å². The zero-order valence-electron chi connectivity index (χ0n) is 13.2. The summed E-state index contributed by atoms with van der Waals surface area (Å²) < 4.78 is 0. The fourth-order valence-electron chi connectivity index (χ4n) is 1.87. The number of amides is 2. The Labute approximate surface area is 126 Å². The van der Waals surface area contributed by atoms with Crippen molar-refractivity contribution < 1.29 is 14.4 Å². The maximum Gasteiger partial charge on any atom is 0.230 e. The number of nitrogens with zero attached hydrogens (tertiary/aromatic N) is 1. The zero-order valence-corrected chi connectivity index (χ0v) is 13.2. The van der Waals surface area contributed by atoms with Crippen LogP contribution >= 0.6 is 0 Å². The number of ketones is 1. The Morgan fingerprint density at radius 2 is 1.62 bits per heavy atom. The van der Waals surface area contributed by atoms with E-state index < -0.39 is 5.41 Å². The number of carbonyl (C=O) groups is 3. The molecule has 4 heteroatoms. The molecule has 114 valence electrons. The first-order valence-electron chi connectivity index (χ1n) is 7.16. The van der Waals surface area contributed by atoms with Gasteiger partial charge in [-0.2, -0.15) is 0 Å². The van der Waals surface area contributed by atoms with Crippen LogP contribution in [0, 0.1) is 5.41 Å². The third-order valence-electron chi connectivity index (χ3n) is 3.63. The number of rotatable bonds is 6. The van der Waals surface area contributed by atoms with Gasteiger partial charge in [0, 0.05) is 18.3 Å². The van der Waals surface area contributed by atoms with E-state index in [1.54, 1.807) is 20.8 Å². The largest absolute Gasteiger partial charge is 0.299 e. The van der Waals surface area contributed by atoms with Crippen LogP contribution in [0.25, 0.3) is 0 Å². The van der Waals surface area contributed by atoms with Crippen molar-refractivity contribution in [2.75, 3.05) is 0 Å². The smallest absolute Gasteiger partial charge is 0.230 e. The molecule has 0 aliphatic heterocycles. The van der Waals surface area contributed by atoms with E-state index >= 15 is 0 Å². The van der Waals surface area contributed by atoms with E-state index in [9.17, 15) is 14.4 Å². The summed E-state index contributed by atoms with van der Waals surface area (Å²) in [7, 11) is 0. The van der Waals surface area contributed by atoms with Gasteiger partial charge in [0.05, 0.1) is 6.54 Å². The van der Waals surface area contributed by atoms with Crippen molar-refractivity contribution >= 4 is 17.6 Å². The standard InChI is InChI=1S/C17H23NO3/c1-5-15(20)18(12-14-9-7-6-8-10-14)16(21)11-17(3,4)13(2)19/h6-10H,5,11-12H2,1-4H3. The normalized spacial score (nSPS) is 11.0. The second-order valence-corrected chi connectivity index (χ2v) is 5.83. The molecule has 0 atom stereocenters. The van der Waals surface area contributed by atoms with Crippen LogP contribution in [-0.2, 0) is 20.9 Å². The molecule has 0 aromatic heterocycles. The molecule has 0 bridgehead atoms. The molecule has 0 unspecified atom stereocenters. The van der Waals surface area contributed by atoms with E-state index in [-0.39, 0.29) is 37.0 Å². The first-order valence-corrected chi connectivity index (χ1v) is 7.16. The summed E-state index contributed by atoms with van der Waals surface area (Å²) in [6, 6.07) is 9.37. The summed E-state index contributed by atoms with van der Waals surface area (Å²) in [5, 5.41) is 0. The average Bonchev–Trinajstić information content (AvgIpc) is 2.44. The summed E-state index contributed by atoms with van der Waals surface area (Å²) >= 11 is 0. The van der Waals surface area contributed by atoms with Gasteiger partial charge in [0.1, 0.15) is 5.78 Å². The van der Waals surface area contributed by atoms with Gasteiger partial charge >= 0.3 is 0 Å². The van der Waals surface area contributed by atoms with E-state index in [1.165, 1.54) is 11.8 Å². The molecule has 1 rings (SSSR count). The van der Waals surface area contributed by atoms with Crippen LogP contribution in [0.2, 0.25) is 0 Å². The number of hydrogen-bond donors (Lipinski definition) is 0. The van der Waals surface area contributed by atoms with Crippen molar-refractivity contribution in [1.29, 1.82) is 0 Å². The second kappa shape index (κ2) is 7.16. The molecule has 0 N–H and O–H groups in total. The lowest BCUT2D eigenvalue weighted by atomic mass is 9.84. The molecule has 0 aliphatic rings. The molecular formula is C17H23NO3. The maximum absolute atomic E-state index is 12.4. The first kappa shape index (κ1) is 17.1. The van der Waals surface area contributed by atoms with Gasteiger partial charge in [-0.1, -0.05) is 51.1 Å². The third kappa shape index (κ3) is 4.81. The minimum Gasteiger partial charge on any atom is -0.299 e. The molecular weight excluding hydrogens is 266 g/mol. The Kier molecular flexibility index (Phi) is 5.82. The van der Waals surface area contributed by atoms with Gasteiger partial charge in [-0.25, -0.2) is 0 Å². The maximum atomic E-state index is 12.4. The minimum atomic E-state index is -0.750. The lowest BCUT2D eigenvalue weighted by Gasteiger charge is -2.26. The number of Topliss-reactive ketones (excluding diaryl/α,β-unsaturated/α-hetero) is 1. The van der Waals surface area contributed by atoms with Gasteiger partial charge in [-0.05, 0) is 12.5 Å². The number of imide groups is 1. The Bertz CT molecular complexity index is 520. The molecule has 0 heterocycles. The van der Waals surface area contributed by atoms with Crippen molar-refractivity contribution in [3.63, 3.8) is 0 Å². The van der Waals surface area contributed by atoms with Gasteiger partial charge in [-0.15, -0.1) is 0 Å². The second-order valence-electron chi connectivity index (χ2n) is 5.83. The van der Waals surface area contributed by atoms with Crippen LogP contribution in [0.1, 0.15) is 46.1 Å². The Hall–Kier alpha value is -1.97. The van der Waals surface area contributed by atoms with E-state index in [1.807, 2.05) is 30.3 Å². The van der Waals surface area contributed by atoms with Gasteiger partial charge in [0.2, 0.25) is 11.8 Å². The number of hydrogen-bond acceptors (Lipinski definition) is 3. The number of benzene rings is 1. The molecule has 0 fully saturated rings. The molecule has 1 aromatic carbocycles. The zero-order chi connectivity index (χ0) is 16.0. The highest BCUT2D eigenvalue weighted by Gasteiger charge is 2.31. The molecule has 1 aromatic rings. The lowest BCUT2D eigenvalue weighted by Crippen LogP contribution is -2.39. The summed E-state index contributed by atoms with van der Waals surface area (Å²) in [5.41, 5.74) is 0.147. The molecule has 0 aliphatic carbocycles. The van der Waals surface area contributed by atoms with E-state index in [0.717, 1.165) is 5.56 Å². The molecule has 0 saturated heterocycles. The predicted octanol–water partition coefficient (Wildman–Crippen LogP) is 2.96. The highest BCUT2D eigenvalue weighted by molar-refractivity contribution is 5.97. The highest BCUT2D eigenvalue weighted by Crippen LogP contribution is 2.23. The van der Waals surface area contributed by atoms with Crippen molar-refractivity contribution in [2.24, 2.45) is 5.41 Å². The van der Waals surface area contributed by atoms with Gasteiger partial charge in [0.25, 0.3) is 0 Å². The van der Waals surface area contributed by atoms with E-state index in [4.69, 9.17) is 0 Å². The summed E-state index contributed by atoms with van der Waals surface area (Å²) in [6.45, 7) is 6.90. The fraction of sp³-hybridized carbons (Fsp3) is 0.471. The van der Waals surface area contributed by atoms with Crippen LogP contribution < -0.4 is 0 Å². The summed E-state index contributed by atoms with van der Waals surface area (Å²) in [5.74, 6) is -0.575. The predicted molar refractivity (Wildman–Crippen MR) is 81.4 cm³/mol. The third-order valence-corrected chi connectivity index (χ3v) is 3.63. The Morgan fingerprint density at radius 1 is 1.05 bits per heavy atom. The van der Waals surface area contributed by atoms with Crippen LogP contribution in [-0.4, -0.2) is 22.5 Å². The van der Waals surface area contributed by atoms with Crippen molar-refractivity contribution in [1.82, 2.24) is 4.90 Å². The Morgan fingerprint density at radius 3 is 2.10 bits per heavy atom. The topological polar surface area (TPSA) is 54.5 Å². The summed E-state index contributed by atoms with van der Waals surface area (Å²) in [6.07, 6.45) is 0.306. The fourth-order valence-corrected chi connectivity index (χ4v) is 1.87. The average molecular weight is 289 g/mol. The van der Waals surface area contributed by atoms with E-state index in [0.29, 0.717) is 0 Å². The quantitative estimate of drug-likeness (QED) is 0.809. The molecule has 21 heavy (non-hydrogen) atoms. The van der Waals surface area contributed by atoms with Crippen molar-refractivity contribution in [2.45, 2.75) is 47.1 Å².